The Hall–Kier alpha value is -2.29. The van der Waals surface area contributed by atoms with Crippen molar-refractivity contribution in [1.29, 1.82) is 0 Å². The van der Waals surface area contributed by atoms with Crippen molar-refractivity contribution in [3.8, 4) is 0 Å². The molecule has 1 aliphatic heterocycles. The van der Waals surface area contributed by atoms with E-state index in [1.165, 1.54) is 36.1 Å². The van der Waals surface area contributed by atoms with Gasteiger partial charge in [0.1, 0.15) is 0 Å². The number of hydrogen-bond donors (Lipinski definition) is 1. The van der Waals surface area contributed by atoms with Crippen molar-refractivity contribution in [1.82, 2.24) is 4.90 Å². The Morgan fingerprint density at radius 2 is 1.81 bits per heavy atom. The van der Waals surface area contributed by atoms with Gasteiger partial charge in [0.2, 0.25) is 0 Å². The van der Waals surface area contributed by atoms with Gasteiger partial charge < -0.3 is 10.2 Å². The lowest BCUT2D eigenvalue weighted by molar-refractivity contribution is 0.0827. The molecule has 134 valence electrons. The van der Waals surface area contributed by atoms with Gasteiger partial charge in [-0.1, -0.05) is 30.3 Å². The van der Waals surface area contributed by atoms with E-state index in [1.807, 2.05) is 20.2 Å². The highest BCUT2D eigenvalue weighted by Gasteiger charge is 2.53. The Kier molecular flexibility index (Phi) is 3.59. The third-order valence-electron chi connectivity index (χ3n) is 6.90. The average molecular weight is 346 g/mol. The van der Waals surface area contributed by atoms with E-state index in [0.717, 1.165) is 17.4 Å². The number of nitrogens with one attached hydrogen (secondary N) is 1. The van der Waals surface area contributed by atoms with E-state index >= 15 is 0 Å². The molecule has 26 heavy (non-hydrogen) atoms. The second-order valence-corrected chi connectivity index (χ2v) is 8.47. The van der Waals surface area contributed by atoms with Gasteiger partial charge in [-0.15, -0.1) is 0 Å². The molecule has 2 fully saturated rings. The molecule has 3 nitrogen and oxygen atoms in total. The average Bonchev–Trinajstić information content (AvgIpc) is 3.29. The van der Waals surface area contributed by atoms with Gasteiger partial charge in [-0.05, 0) is 72.3 Å². The maximum atomic E-state index is 12.5. The van der Waals surface area contributed by atoms with Crippen LogP contribution in [-0.2, 0) is 0 Å². The molecule has 0 aromatic heterocycles. The van der Waals surface area contributed by atoms with Crippen LogP contribution in [-0.4, -0.2) is 24.9 Å². The minimum Gasteiger partial charge on any atom is -0.378 e. The largest absolute Gasteiger partial charge is 0.378 e. The highest BCUT2D eigenvalue weighted by molar-refractivity contribution is 5.94. The Morgan fingerprint density at radius 1 is 1.04 bits per heavy atom. The van der Waals surface area contributed by atoms with E-state index in [-0.39, 0.29) is 5.91 Å². The number of rotatable bonds is 2. The minimum atomic E-state index is 0.0951. The normalized spacial score (nSPS) is 31.1. The van der Waals surface area contributed by atoms with Crippen LogP contribution >= 0.6 is 0 Å². The van der Waals surface area contributed by atoms with E-state index in [4.69, 9.17) is 0 Å². The van der Waals surface area contributed by atoms with Crippen LogP contribution in [0.2, 0.25) is 0 Å². The summed E-state index contributed by atoms with van der Waals surface area (Å²) >= 11 is 0. The Balaban J connectivity index is 1.60. The highest BCUT2D eigenvalue weighted by atomic mass is 16.2. The molecule has 0 unspecified atom stereocenters. The van der Waals surface area contributed by atoms with Crippen LogP contribution in [0, 0.1) is 17.8 Å². The van der Waals surface area contributed by atoms with Crippen molar-refractivity contribution in [2.75, 3.05) is 19.4 Å². The predicted molar refractivity (Wildman–Crippen MR) is 104 cm³/mol. The molecule has 3 aliphatic rings. The van der Waals surface area contributed by atoms with Gasteiger partial charge in [-0.25, -0.2) is 0 Å². The highest BCUT2D eigenvalue weighted by Crippen LogP contribution is 2.63. The fraction of sp³-hybridized carbons (Fsp3) is 0.435. The standard InChI is InChI=1S/C23H26N2O/c1-25(2)23(26)17-10-11-19-18(13-17)20-15-8-9-16(12-15)21(20)22(24-19)14-6-4-3-5-7-14/h3-7,10-11,13,15-16,20-22,24H,8-9,12H2,1-2H3/t15-,16-,20-,21+,22+/m0/s1. The number of hydrogen-bond acceptors (Lipinski definition) is 2. The second kappa shape index (κ2) is 5.87. The zero-order chi connectivity index (χ0) is 17.8. The first-order chi connectivity index (χ1) is 12.6. The summed E-state index contributed by atoms with van der Waals surface area (Å²) in [6, 6.07) is 17.6. The number of benzene rings is 2. The van der Waals surface area contributed by atoms with Gasteiger partial charge in [-0.3, -0.25) is 4.79 Å². The van der Waals surface area contributed by atoms with Crippen molar-refractivity contribution >= 4 is 11.6 Å². The van der Waals surface area contributed by atoms with Gasteiger partial charge >= 0.3 is 0 Å². The molecule has 5 atom stereocenters. The number of anilines is 1. The summed E-state index contributed by atoms with van der Waals surface area (Å²) < 4.78 is 0. The van der Waals surface area contributed by atoms with E-state index in [9.17, 15) is 4.79 Å². The summed E-state index contributed by atoms with van der Waals surface area (Å²) in [6.45, 7) is 0. The Labute approximate surface area is 155 Å². The first kappa shape index (κ1) is 15.9. The van der Waals surface area contributed by atoms with Crippen LogP contribution in [0.15, 0.2) is 48.5 Å². The molecule has 0 radical (unpaired) electrons. The third-order valence-corrected chi connectivity index (χ3v) is 6.90. The maximum Gasteiger partial charge on any atom is 0.253 e. The van der Waals surface area contributed by atoms with Gasteiger partial charge in [0, 0.05) is 25.3 Å². The molecule has 0 spiro atoms. The lowest BCUT2D eigenvalue weighted by atomic mass is 9.68. The molecule has 2 saturated carbocycles. The predicted octanol–water partition coefficient (Wildman–Crippen LogP) is 4.68. The van der Waals surface area contributed by atoms with Crippen LogP contribution in [0.25, 0.3) is 0 Å². The van der Waals surface area contributed by atoms with Crippen molar-refractivity contribution in [2.45, 2.75) is 31.2 Å². The fourth-order valence-corrected chi connectivity index (χ4v) is 5.87. The first-order valence-electron chi connectivity index (χ1n) is 9.80. The van der Waals surface area contributed by atoms with Crippen LogP contribution in [0.1, 0.15) is 52.7 Å². The Bertz CT molecular complexity index is 845. The van der Waals surface area contributed by atoms with E-state index < -0.39 is 0 Å². The number of nitrogens with zero attached hydrogens (tertiary/aromatic N) is 1. The first-order valence-corrected chi connectivity index (χ1v) is 9.80. The van der Waals surface area contributed by atoms with Gasteiger partial charge in [-0.2, -0.15) is 0 Å². The quantitative estimate of drug-likeness (QED) is 0.856. The smallest absolute Gasteiger partial charge is 0.253 e. The van der Waals surface area contributed by atoms with Crippen molar-refractivity contribution in [3.63, 3.8) is 0 Å². The summed E-state index contributed by atoms with van der Waals surface area (Å²) in [7, 11) is 3.65. The zero-order valence-electron chi connectivity index (χ0n) is 15.5. The van der Waals surface area contributed by atoms with Gasteiger partial charge in [0.25, 0.3) is 5.91 Å². The zero-order valence-corrected chi connectivity index (χ0v) is 15.5. The summed E-state index contributed by atoms with van der Waals surface area (Å²) in [5.41, 5.74) is 4.81. The van der Waals surface area contributed by atoms with Crippen molar-refractivity contribution in [3.05, 3.63) is 65.2 Å². The van der Waals surface area contributed by atoms with Gasteiger partial charge in [0.15, 0.2) is 0 Å². The molecule has 2 aliphatic carbocycles. The molecule has 1 heterocycles. The van der Waals surface area contributed by atoms with Crippen LogP contribution in [0.3, 0.4) is 0 Å². The number of carbonyl (C=O) groups excluding carboxylic acids is 1. The Morgan fingerprint density at radius 3 is 2.58 bits per heavy atom. The molecule has 2 aromatic carbocycles. The summed E-state index contributed by atoms with van der Waals surface area (Å²) in [5.74, 6) is 2.92. The van der Waals surface area contributed by atoms with E-state index in [2.05, 4.69) is 47.8 Å². The fourth-order valence-electron chi connectivity index (χ4n) is 5.87. The number of fused-ring (bicyclic) bond motifs is 7. The molecular weight excluding hydrogens is 320 g/mol. The monoisotopic (exact) mass is 346 g/mol. The molecule has 5 rings (SSSR count). The van der Waals surface area contributed by atoms with Crippen molar-refractivity contribution < 1.29 is 4.79 Å². The number of carbonyl (C=O) groups is 1. The number of amides is 1. The third kappa shape index (κ3) is 2.29. The van der Waals surface area contributed by atoms with Crippen LogP contribution in [0.5, 0.6) is 0 Å². The van der Waals surface area contributed by atoms with E-state index in [1.54, 1.807) is 4.90 Å². The van der Waals surface area contributed by atoms with E-state index in [0.29, 0.717) is 17.9 Å². The minimum absolute atomic E-state index is 0.0951. The lowest BCUT2D eigenvalue weighted by Crippen LogP contribution is -2.35. The SMILES string of the molecule is CN(C)C(=O)c1ccc2c(c1)[C@@H]1[C@H]3CC[C@@H](C3)[C@H]1[C@@H](c1ccccc1)N2. The molecule has 2 aromatic rings. The molecular formula is C23H26N2O. The molecule has 1 amide bonds. The summed E-state index contributed by atoms with van der Waals surface area (Å²) in [5, 5.41) is 3.84. The van der Waals surface area contributed by atoms with Crippen molar-refractivity contribution in [2.24, 2.45) is 17.8 Å². The molecule has 1 N–H and O–H groups in total. The van der Waals surface area contributed by atoms with Crippen LogP contribution in [0.4, 0.5) is 5.69 Å². The topological polar surface area (TPSA) is 32.3 Å². The second-order valence-electron chi connectivity index (χ2n) is 8.47. The lowest BCUT2D eigenvalue weighted by Gasteiger charge is -2.43. The molecule has 3 heteroatoms. The summed E-state index contributed by atoms with van der Waals surface area (Å²) in [4.78, 5) is 14.1. The van der Waals surface area contributed by atoms with Gasteiger partial charge in [0.05, 0.1) is 6.04 Å². The molecule has 0 saturated heterocycles. The molecule has 2 bridgehead atoms. The maximum absolute atomic E-state index is 12.5. The van der Waals surface area contributed by atoms with Crippen LogP contribution < -0.4 is 5.32 Å². The summed E-state index contributed by atoms with van der Waals surface area (Å²) in [6.07, 6.45) is 4.06.